The summed E-state index contributed by atoms with van der Waals surface area (Å²) in [5, 5.41) is 16.0. The van der Waals surface area contributed by atoms with E-state index in [1.54, 1.807) is 11.9 Å². The van der Waals surface area contributed by atoms with Gasteiger partial charge in [0.05, 0.1) is 24.5 Å². The molecule has 33 heavy (non-hydrogen) atoms. The van der Waals surface area contributed by atoms with E-state index in [0.29, 0.717) is 0 Å². The van der Waals surface area contributed by atoms with E-state index in [1.165, 1.54) is 0 Å². The van der Waals surface area contributed by atoms with Crippen LogP contribution in [0.25, 0.3) is 0 Å². The lowest BCUT2D eigenvalue weighted by Crippen LogP contribution is -2.52. The number of aryl methyl sites for hydroxylation is 2. The molecule has 7 atom stereocenters. The van der Waals surface area contributed by atoms with Gasteiger partial charge in [-0.3, -0.25) is 14.4 Å². The Labute approximate surface area is 196 Å². The first-order chi connectivity index (χ1) is 15.7. The van der Waals surface area contributed by atoms with Crippen molar-refractivity contribution in [3.63, 3.8) is 0 Å². The molecule has 1 aliphatic carbocycles. The molecule has 1 fully saturated rings. The van der Waals surface area contributed by atoms with Gasteiger partial charge in [-0.2, -0.15) is 0 Å². The number of carbonyl (C=O) groups is 3. The molecule has 0 bridgehead atoms. The van der Waals surface area contributed by atoms with Gasteiger partial charge in [-0.15, -0.1) is 0 Å². The second-order valence-electron chi connectivity index (χ2n) is 9.57. The van der Waals surface area contributed by atoms with Crippen LogP contribution < -0.4 is 10.6 Å². The third kappa shape index (κ3) is 4.43. The molecule has 3 amide bonds. The van der Waals surface area contributed by atoms with E-state index < -0.39 is 29.8 Å². The molecular formula is C26H37N3O4. The Kier molecular flexibility index (Phi) is 7.62. The first-order valence-corrected chi connectivity index (χ1v) is 11.9. The number of nitrogens with one attached hydrogen (secondary N) is 2. The zero-order chi connectivity index (χ0) is 24.4. The highest BCUT2D eigenvalue weighted by atomic mass is 16.3. The average Bonchev–Trinajstić information content (AvgIpc) is 3.08. The highest BCUT2D eigenvalue weighted by Crippen LogP contribution is 2.45. The number of rotatable bonds is 7. The van der Waals surface area contributed by atoms with Crippen LogP contribution in [0.4, 0.5) is 5.69 Å². The van der Waals surface area contributed by atoms with Crippen molar-refractivity contribution in [3.05, 3.63) is 41.5 Å². The number of hydrogen-bond acceptors (Lipinski definition) is 4. The Morgan fingerprint density at radius 3 is 2.33 bits per heavy atom. The lowest BCUT2D eigenvalue weighted by molar-refractivity contribution is -0.143. The van der Waals surface area contributed by atoms with Gasteiger partial charge in [0.15, 0.2) is 0 Å². The number of aliphatic hydroxyl groups excluding tert-OH is 1. The van der Waals surface area contributed by atoms with Crippen LogP contribution >= 0.6 is 0 Å². The third-order valence-electron chi connectivity index (χ3n) is 7.60. The lowest BCUT2D eigenvalue weighted by atomic mass is 9.70. The van der Waals surface area contributed by atoms with Crippen molar-refractivity contribution >= 4 is 23.4 Å². The maximum Gasteiger partial charge on any atom is 0.247 e. The number of allylic oxidation sites excluding steroid dienone is 1. The highest BCUT2D eigenvalue weighted by Gasteiger charge is 2.58. The smallest absolute Gasteiger partial charge is 0.247 e. The standard InChI is InChI=1S/C26H37N3O4/c1-7-14(2)19(13-30)29-23(25(32)28-22-16(4)9-8-10-17(22)5)18-12-11-15(3)20(24(31)27-6)21(18)26(29)33/h8-12,14-15,18-21,23,30H,7,13H2,1-6H3,(H,27,31)(H,28,32)/t14-,15+,18-,19-,20+,21-,23-/m0/s1. The Morgan fingerprint density at radius 1 is 1.15 bits per heavy atom. The van der Waals surface area contributed by atoms with Crippen molar-refractivity contribution in [2.24, 2.45) is 29.6 Å². The van der Waals surface area contributed by atoms with Gasteiger partial charge in [-0.25, -0.2) is 0 Å². The van der Waals surface area contributed by atoms with Gasteiger partial charge in [0, 0.05) is 18.7 Å². The van der Waals surface area contributed by atoms with Crippen LogP contribution in [0.2, 0.25) is 0 Å². The maximum atomic E-state index is 13.9. The minimum absolute atomic E-state index is 0.00513. The van der Waals surface area contributed by atoms with E-state index >= 15 is 0 Å². The summed E-state index contributed by atoms with van der Waals surface area (Å²) in [6.07, 6.45) is 4.61. The van der Waals surface area contributed by atoms with Crippen LogP contribution in [0.1, 0.15) is 38.3 Å². The van der Waals surface area contributed by atoms with Gasteiger partial charge in [0.2, 0.25) is 17.7 Å². The zero-order valence-corrected chi connectivity index (χ0v) is 20.5. The SMILES string of the molecule is CC[C@H](C)[C@H](CO)N1C(=O)[C@H]2[C@H](C=C[C@@H](C)[C@H]2C(=O)NC)[C@H]1C(=O)Nc1c(C)cccc1C. The number of amides is 3. The largest absolute Gasteiger partial charge is 0.394 e. The normalized spacial score (nSPS) is 28.3. The fraction of sp³-hybridized carbons (Fsp3) is 0.577. The second kappa shape index (κ2) is 10.1. The fourth-order valence-electron chi connectivity index (χ4n) is 5.49. The minimum Gasteiger partial charge on any atom is -0.394 e. The van der Waals surface area contributed by atoms with Gasteiger partial charge in [0.1, 0.15) is 6.04 Å². The quantitative estimate of drug-likeness (QED) is 0.551. The van der Waals surface area contributed by atoms with Gasteiger partial charge >= 0.3 is 0 Å². The van der Waals surface area contributed by atoms with Crippen molar-refractivity contribution in [1.29, 1.82) is 0 Å². The summed E-state index contributed by atoms with van der Waals surface area (Å²) in [4.78, 5) is 42.0. The van der Waals surface area contributed by atoms with E-state index in [4.69, 9.17) is 0 Å². The first-order valence-electron chi connectivity index (χ1n) is 11.9. The van der Waals surface area contributed by atoms with Crippen LogP contribution in [-0.2, 0) is 14.4 Å². The monoisotopic (exact) mass is 455 g/mol. The molecule has 7 nitrogen and oxygen atoms in total. The number of nitrogens with zero attached hydrogens (tertiary/aromatic N) is 1. The maximum absolute atomic E-state index is 13.9. The molecule has 7 heteroatoms. The number of likely N-dealkylation sites (tertiary alicyclic amines) is 1. The number of hydrogen-bond donors (Lipinski definition) is 3. The molecule has 0 saturated carbocycles. The molecular weight excluding hydrogens is 418 g/mol. The number of carbonyl (C=O) groups excluding carboxylic acids is 3. The summed E-state index contributed by atoms with van der Waals surface area (Å²) in [6, 6.07) is 4.50. The molecule has 1 heterocycles. The Balaban J connectivity index is 2.08. The van der Waals surface area contributed by atoms with Gasteiger partial charge < -0.3 is 20.6 Å². The lowest BCUT2D eigenvalue weighted by Gasteiger charge is -2.36. The molecule has 3 rings (SSSR count). The molecule has 1 aromatic carbocycles. The Morgan fingerprint density at radius 2 is 1.79 bits per heavy atom. The van der Waals surface area contributed by atoms with Crippen LogP contribution in [0, 0.1) is 43.4 Å². The Hall–Kier alpha value is -2.67. The summed E-state index contributed by atoms with van der Waals surface area (Å²) in [5.74, 6) is -2.50. The zero-order valence-electron chi connectivity index (χ0n) is 20.5. The molecule has 0 spiro atoms. The summed E-state index contributed by atoms with van der Waals surface area (Å²) in [5.41, 5.74) is 2.61. The van der Waals surface area contributed by atoms with Crippen LogP contribution in [0.5, 0.6) is 0 Å². The van der Waals surface area contributed by atoms with Crippen molar-refractivity contribution in [2.45, 2.75) is 53.1 Å². The van der Waals surface area contributed by atoms with Gasteiger partial charge in [-0.05, 0) is 36.8 Å². The predicted molar refractivity (Wildman–Crippen MR) is 128 cm³/mol. The summed E-state index contributed by atoms with van der Waals surface area (Å²) >= 11 is 0. The van der Waals surface area contributed by atoms with Crippen LogP contribution in [-0.4, -0.2) is 53.5 Å². The first kappa shape index (κ1) is 25.0. The predicted octanol–water partition coefficient (Wildman–Crippen LogP) is 2.66. The second-order valence-corrected chi connectivity index (χ2v) is 9.57. The van der Waals surface area contributed by atoms with Crippen LogP contribution in [0.15, 0.2) is 30.4 Å². The van der Waals surface area contributed by atoms with E-state index in [1.807, 2.05) is 65.0 Å². The number of anilines is 1. The average molecular weight is 456 g/mol. The van der Waals surface area contributed by atoms with Crippen molar-refractivity contribution in [3.8, 4) is 0 Å². The molecule has 0 unspecified atom stereocenters. The van der Waals surface area contributed by atoms with Crippen molar-refractivity contribution in [2.75, 3.05) is 19.0 Å². The van der Waals surface area contributed by atoms with E-state index in [0.717, 1.165) is 23.2 Å². The summed E-state index contributed by atoms with van der Waals surface area (Å²) < 4.78 is 0. The van der Waals surface area contributed by atoms with E-state index in [9.17, 15) is 19.5 Å². The topological polar surface area (TPSA) is 98.7 Å². The van der Waals surface area contributed by atoms with Gasteiger partial charge in [-0.1, -0.05) is 57.5 Å². The number of para-hydroxylation sites is 1. The van der Waals surface area contributed by atoms with E-state index in [-0.39, 0.29) is 36.2 Å². The molecule has 1 aromatic rings. The molecule has 0 aromatic heterocycles. The number of benzene rings is 1. The van der Waals surface area contributed by atoms with Crippen molar-refractivity contribution in [1.82, 2.24) is 10.2 Å². The van der Waals surface area contributed by atoms with Crippen molar-refractivity contribution < 1.29 is 19.5 Å². The third-order valence-corrected chi connectivity index (χ3v) is 7.60. The Bertz CT molecular complexity index is 923. The van der Waals surface area contributed by atoms with Gasteiger partial charge in [0.25, 0.3) is 0 Å². The van der Waals surface area contributed by atoms with E-state index in [2.05, 4.69) is 10.6 Å². The molecule has 3 N–H and O–H groups in total. The molecule has 1 aliphatic heterocycles. The number of aliphatic hydroxyl groups is 1. The highest BCUT2D eigenvalue weighted by molar-refractivity contribution is 6.02. The summed E-state index contributed by atoms with van der Waals surface area (Å²) in [6.45, 7) is 9.53. The summed E-state index contributed by atoms with van der Waals surface area (Å²) in [7, 11) is 1.57. The molecule has 180 valence electrons. The minimum atomic E-state index is -0.802. The molecule has 0 radical (unpaired) electrons. The fourth-order valence-corrected chi connectivity index (χ4v) is 5.49. The number of fused-ring (bicyclic) bond motifs is 1. The molecule has 1 saturated heterocycles. The van der Waals surface area contributed by atoms with Crippen LogP contribution in [0.3, 0.4) is 0 Å². The molecule has 2 aliphatic rings.